The predicted molar refractivity (Wildman–Crippen MR) is 206 cm³/mol. The largest absolute Gasteiger partial charge is 0.485 e. The van der Waals surface area contributed by atoms with Crippen LogP contribution in [0.1, 0.15) is 30.1 Å². The van der Waals surface area contributed by atoms with Gasteiger partial charge in [0.05, 0.1) is 11.0 Å². The molecule has 3 heterocycles. The van der Waals surface area contributed by atoms with E-state index in [2.05, 4.69) is 109 Å². The van der Waals surface area contributed by atoms with Crippen molar-refractivity contribution in [2.75, 3.05) is 0 Å². The summed E-state index contributed by atoms with van der Waals surface area (Å²) in [4.78, 5) is 14.8. The van der Waals surface area contributed by atoms with E-state index in [9.17, 15) is 0 Å². The van der Waals surface area contributed by atoms with E-state index in [1.165, 1.54) is 32.9 Å². The Morgan fingerprint density at radius 2 is 1.10 bits per heavy atom. The summed E-state index contributed by atoms with van der Waals surface area (Å²) in [6.07, 6.45) is -0.0338. The smallest absolute Gasteiger partial charge is 0.164 e. The fraction of sp³-hybridized carbons (Fsp3) is 0.0652. The summed E-state index contributed by atoms with van der Waals surface area (Å²) < 4.78 is 8.91. The first kappa shape index (κ1) is 29.3. The van der Waals surface area contributed by atoms with Gasteiger partial charge in [-0.05, 0) is 52.7 Å². The van der Waals surface area contributed by atoms with E-state index < -0.39 is 0 Å². The van der Waals surface area contributed by atoms with Crippen LogP contribution >= 0.6 is 0 Å². The maximum Gasteiger partial charge on any atom is 0.164 e. The Bertz CT molecular complexity index is 2700. The SMILES string of the molecule is CC1c2ccccc2OC1c1ccc2c3ccccc3n(-c3ccc4cc(-c5nc(-c6ccccc6)nc(-c6ccccc6)n5)ccc4c3)c2c1. The van der Waals surface area contributed by atoms with Crippen LogP contribution in [0, 0.1) is 0 Å². The zero-order valence-corrected chi connectivity index (χ0v) is 27.9. The Morgan fingerprint density at radius 3 is 1.84 bits per heavy atom. The third-order valence-electron chi connectivity index (χ3n) is 10.2. The standard InChI is InChI=1S/C46H32N4O/c1-29-37-16-9-11-19-42(37)51-43(29)34-23-25-39-38-17-8-10-18-40(38)50(41(39)28-34)36-24-22-32-26-35(21-20-33(32)27-36)46-48-44(30-12-4-2-5-13-30)47-45(49-46)31-14-6-3-7-15-31/h2-29,43H,1H3. The normalized spacial score (nSPS) is 15.3. The zero-order valence-electron chi connectivity index (χ0n) is 27.9. The summed E-state index contributed by atoms with van der Waals surface area (Å²) in [5.74, 6) is 3.20. The van der Waals surface area contributed by atoms with Gasteiger partial charge in [0.15, 0.2) is 17.5 Å². The van der Waals surface area contributed by atoms with Crippen LogP contribution in [0.2, 0.25) is 0 Å². The third kappa shape index (κ3) is 4.97. The van der Waals surface area contributed by atoms with Crippen LogP contribution in [0.25, 0.3) is 72.4 Å². The molecule has 51 heavy (non-hydrogen) atoms. The molecular weight excluding hydrogens is 625 g/mol. The summed E-state index contributed by atoms with van der Waals surface area (Å²) in [6.45, 7) is 2.26. The highest BCUT2D eigenvalue weighted by Gasteiger charge is 2.32. The van der Waals surface area contributed by atoms with E-state index in [0.717, 1.165) is 38.9 Å². The predicted octanol–water partition coefficient (Wildman–Crippen LogP) is 11.4. The fourth-order valence-corrected chi connectivity index (χ4v) is 7.61. The minimum absolute atomic E-state index is 0.0338. The molecule has 242 valence electrons. The second-order valence-electron chi connectivity index (χ2n) is 13.3. The molecule has 0 fully saturated rings. The van der Waals surface area contributed by atoms with E-state index >= 15 is 0 Å². The Hall–Kier alpha value is -6.59. The maximum atomic E-state index is 6.52. The molecule has 5 heteroatoms. The lowest BCUT2D eigenvalue weighted by Crippen LogP contribution is -2.07. The number of ether oxygens (including phenoxy) is 1. The molecule has 7 aromatic carbocycles. The first-order chi connectivity index (χ1) is 25.2. The van der Waals surface area contributed by atoms with Gasteiger partial charge in [0.2, 0.25) is 0 Å². The van der Waals surface area contributed by atoms with E-state index in [1.54, 1.807) is 0 Å². The molecule has 0 amide bonds. The van der Waals surface area contributed by atoms with Crippen molar-refractivity contribution >= 4 is 32.6 Å². The molecule has 9 aromatic rings. The van der Waals surface area contributed by atoms with Gasteiger partial charge in [-0.25, -0.2) is 15.0 Å². The van der Waals surface area contributed by atoms with Crippen molar-refractivity contribution in [3.05, 3.63) is 175 Å². The highest BCUT2D eigenvalue weighted by Crippen LogP contribution is 2.46. The van der Waals surface area contributed by atoms with Crippen molar-refractivity contribution in [3.8, 4) is 45.6 Å². The quantitative estimate of drug-likeness (QED) is 0.185. The van der Waals surface area contributed by atoms with Gasteiger partial charge in [-0.15, -0.1) is 0 Å². The summed E-state index contributed by atoms with van der Waals surface area (Å²) in [5, 5.41) is 4.72. The minimum atomic E-state index is -0.0338. The van der Waals surface area contributed by atoms with Crippen molar-refractivity contribution < 1.29 is 4.74 Å². The monoisotopic (exact) mass is 656 g/mol. The summed E-state index contributed by atoms with van der Waals surface area (Å²) in [6, 6.07) is 57.2. The van der Waals surface area contributed by atoms with Gasteiger partial charge in [-0.3, -0.25) is 0 Å². The molecule has 1 aliphatic heterocycles. The van der Waals surface area contributed by atoms with Gasteiger partial charge in [-0.1, -0.05) is 134 Å². The second kappa shape index (κ2) is 11.8. The van der Waals surface area contributed by atoms with Gasteiger partial charge in [0, 0.05) is 44.6 Å². The molecule has 10 rings (SSSR count). The number of hydrogen-bond donors (Lipinski definition) is 0. The Morgan fingerprint density at radius 1 is 0.490 bits per heavy atom. The number of nitrogens with zero attached hydrogens (tertiary/aromatic N) is 4. The van der Waals surface area contributed by atoms with Gasteiger partial charge in [-0.2, -0.15) is 0 Å². The van der Waals surface area contributed by atoms with E-state index in [0.29, 0.717) is 17.5 Å². The van der Waals surface area contributed by atoms with Gasteiger partial charge < -0.3 is 9.30 Å². The van der Waals surface area contributed by atoms with Crippen molar-refractivity contribution in [1.29, 1.82) is 0 Å². The molecular formula is C46H32N4O. The number of para-hydroxylation sites is 2. The lowest BCUT2D eigenvalue weighted by Gasteiger charge is -2.17. The number of benzene rings is 7. The Labute approximate surface area is 295 Å². The molecule has 0 aliphatic carbocycles. The van der Waals surface area contributed by atoms with Gasteiger partial charge >= 0.3 is 0 Å². The molecule has 0 radical (unpaired) electrons. The molecule has 1 aliphatic rings. The van der Waals surface area contributed by atoms with E-state index in [4.69, 9.17) is 19.7 Å². The second-order valence-corrected chi connectivity index (χ2v) is 13.3. The lowest BCUT2D eigenvalue weighted by molar-refractivity contribution is 0.216. The first-order valence-corrected chi connectivity index (χ1v) is 17.4. The average Bonchev–Trinajstić information content (AvgIpc) is 3.72. The third-order valence-corrected chi connectivity index (χ3v) is 10.2. The molecule has 0 saturated heterocycles. The van der Waals surface area contributed by atoms with Crippen LogP contribution in [0.15, 0.2) is 164 Å². The molecule has 2 aromatic heterocycles. The molecule has 0 bridgehead atoms. The van der Waals surface area contributed by atoms with Crippen LogP contribution in [0.4, 0.5) is 0 Å². The molecule has 0 spiro atoms. The summed E-state index contributed by atoms with van der Waals surface area (Å²) in [7, 11) is 0. The van der Waals surface area contributed by atoms with E-state index in [1.807, 2.05) is 66.7 Å². The summed E-state index contributed by atoms with van der Waals surface area (Å²) in [5.41, 5.74) is 8.76. The maximum absolute atomic E-state index is 6.52. The Kier molecular flexibility index (Phi) is 6.78. The lowest BCUT2D eigenvalue weighted by atomic mass is 9.92. The summed E-state index contributed by atoms with van der Waals surface area (Å²) >= 11 is 0. The van der Waals surface area contributed by atoms with Crippen molar-refractivity contribution in [2.45, 2.75) is 18.9 Å². The van der Waals surface area contributed by atoms with Crippen LogP contribution < -0.4 is 4.74 Å². The number of rotatable bonds is 5. The molecule has 0 saturated carbocycles. The molecule has 0 N–H and O–H groups in total. The van der Waals surface area contributed by atoms with Crippen LogP contribution in [-0.4, -0.2) is 19.5 Å². The fourth-order valence-electron chi connectivity index (χ4n) is 7.61. The number of fused-ring (bicyclic) bond motifs is 5. The average molecular weight is 657 g/mol. The van der Waals surface area contributed by atoms with E-state index in [-0.39, 0.29) is 12.0 Å². The molecule has 5 nitrogen and oxygen atoms in total. The highest BCUT2D eigenvalue weighted by molar-refractivity contribution is 6.09. The topological polar surface area (TPSA) is 52.8 Å². The number of hydrogen-bond acceptors (Lipinski definition) is 4. The van der Waals surface area contributed by atoms with Crippen LogP contribution in [-0.2, 0) is 0 Å². The van der Waals surface area contributed by atoms with Gasteiger partial charge in [0.1, 0.15) is 11.9 Å². The first-order valence-electron chi connectivity index (χ1n) is 17.4. The Balaban J connectivity index is 1.08. The zero-order chi connectivity index (χ0) is 33.9. The number of aromatic nitrogens is 4. The van der Waals surface area contributed by atoms with Gasteiger partial charge in [0.25, 0.3) is 0 Å². The molecule has 2 unspecified atom stereocenters. The molecule has 2 atom stereocenters. The van der Waals surface area contributed by atoms with Crippen molar-refractivity contribution in [3.63, 3.8) is 0 Å². The van der Waals surface area contributed by atoms with Crippen molar-refractivity contribution in [2.24, 2.45) is 0 Å². The van der Waals surface area contributed by atoms with Crippen LogP contribution in [0.5, 0.6) is 5.75 Å². The van der Waals surface area contributed by atoms with Crippen LogP contribution in [0.3, 0.4) is 0 Å². The minimum Gasteiger partial charge on any atom is -0.485 e. The highest BCUT2D eigenvalue weighted by atomic mass is 16.5. The van der Waals surface area contributed by atoms with Crippen molar-refractivity contribution in [1.82, 2.24) is 19.5 Å².